The number of esters is 1. The molecule has 4 nitrogen and oxygen atoms in total. The number of carbonyl (C=O) groups excluding carboxylic acids is 1. The lowest BCUT2D eigenvalue weighted by molar-refractivity contribution is -0.139. The van der Waals surface area contributed by atoms with Crippen molar-refractivity contribution in [1.29, 1.82) is 0 Å². The van der Waals surface area contributed by atoms with Crippen LogP contribution in [0.4, 0.5) is 0 Å². The van der Waals surface area contributed by atoms with E-state index in [1.54, 1.807) is 12.1 Å². The number of carbonyl (C=O) groups is 1. The zero-order valence-corrected chi connectivity index (χ0v) is 8.69. The first-order valence-electron chi connectivity index (χ1n) is 4.75. The van der Waals surface area contributed by atoms with Gasteiger partial charge in [-0.25, -0.2) is 0 Å². The van der Waals surface area contributed by atoms with Gasteiger partial charge < -0.3 is 15.6 Å². The molecule has 0 aliphatic rings. The number of phenolic OH excluding ortho intramolecular Hbond substituents is 1. The maximum absolute atomic E-state index is 11.0. The lowest BCUT2D eigenvalue weighted by Gasteiger charge is -2.05. The van der Waals surface area contributed by atoms with Gasteiger partial charge in [-0.3, -0.25) is 4.79 Å². The summed E-state index contributed by atoms with van der Waals surface area (Å²) in [6.07, 6.45) is 0.803. The highest BCUT2D eigenvalue weighted by Crippen LogP contribution is 2.19. The molecule has 1 aromatic carbocycles. The molecule has 0 atom stereocenters. The number of hydrogen-bond acceptors (Lipinski definition) is 4. The minimum Gasteiger partial charge on any atom is -0.508 e. The van der Waals surface area contributed by atoms with Crippen molar-refractivity contribution in [1.82, 2.24) is 0 Å². The highest BCUT2D eigenvalue weighted by atomic mass is 16.5. The van der Waals surface area contributed by atoms with Gasteiger partial charge in [0.15, 0.2) is 0 Å². The van der Waals surface area contributed by atoms with E-state index in [4.69, 9.17) is 5.73 Å². The summed E-state index contributed by atoms with van der Waals surface area (Å²) < 4.78 is 4.52. The van der Waals surface area contributed by atoms with Gasteiger partial charge in [-0.2, -0.15) is 0 Å². The molecular weight excluding hydrogens is 194 g/mol. The fourth-order valence-electron chi connectivity index (χ4n) is 1.31. The van der Waals surface area contributed by atoms with Gasteiger partial charge in [-0.15, -0.1) is 0 Å². The van der Waals surface area contributed by atoms with Crippen LogP contribution in [-0.4, -0.2) is 24.7 Å². The monoisotopic (exact) mass is 209 g/mol. The van der Waals surface area contributed by atoms with E-state index >= 15 is 0 Å². The van der Waals surface area contributed by atoms with Crippen LogP contribution in [0.25, 0.3) is 0 Å². The number of hydrogen-bond donors (Lipinski definition) is 2. The second-order valence-corrected chi connectivity index (χ2v) is 3.25. The van der Waals surface area contributed by atoms with Crippen molar-refractivity contribution in [3.05, 3.63) is 29.3 Å². The van der Waals surface area contributed by atoms with Gasteiger partial charge in [0, 0.05) is 5.56 Å². The Morgan fingerprint density at radius 2 is 2.27 bits per heavy atom. The Hall–Kier alpha value is -1.55. The van der Waals surface area contributed by atoms with Crippen LogP contribution in [0.15, 0.2) is 18.2 Å². The second-order valence-electron chi connectivity index (χ2n) is 3.25. The van der Waals surface area contributed by atoms with Gasteiger partial charge >= 0.3 is 5.97 Å². The van der Waals surface area contributed by atoms with Crippen molar-refractivity contribution < 1.29 is 14.6 Å². The molecule has 0 aromatic heterocycles. The summed E-state index contributed by atoms with van der Waals surface area (Å²) in [4.78, 5) is 11.0. The molecule has 15 heavy (non-hydrogen) atoms. The first-order valence-corrected chi connectivity index (χ1v) is 4.75. The number of nitrogens with two attached hydrogens (primary N) is 1. The zero-order chi connectivity index (χ0) is 11.3. The van der Waals surface area contributed by atoms with E-state index in [2.05, 4.69) is 4.74 Å². The fourth-order valence-corrected chi connectivity index (χ4v) is 1.31. The van der Waals surface area contributed by atoms with Crippen LogP contribution in [0.5, 0.6) is 5.75 Å². The highest BCUT2D eigenvalue weighted by Gasteiger charge is 2.07. The Bertz CT molecular complexity index is 350. The molecule has 4 heteroatoms. The number of aromatic hydroxyl groups is 1. The fraction of sp³-hybridized carbons (Fsp3) is 0.364. The van der Waals surface area contributed by atoms with Crippen LogP contribution in [0.2, 0.25) is 0 Å². The van der Waals surface area contributed by atoms with Gasteiger partial charge in [-0.1, -0.05) is 12.1 Å². The Kier molecular flexibility index (Phi) is 4.12. The van der Waals surface area contributed by atoms with E-state index in [-0.39, 0.29) is 18.1 Å². The molecule has 82 valence electrons. The molecular formula is C11H15NO3. The van der Waals surface area contributed by atoms with Crippen LogP contribution < -0.4 is 5.73 Å². The first-order chi connectivity index (χ1) is 7.17. The number of methoxy groups -OCH3 is 1. The third kappa shape index (κ3) is 3.25. The number of ether oxygens (including phenoxy) is 1. The molecule has 0 saturated heterocycles. The summed E-state index contributed by atoms with van der Waals surface area (Å²) in [7, 11) is 1.32. The van der Waals surface area contributed by atoms with E-state index in [0.717, 1.165) is 5.56 Å². The molecule has 1 aromatic rings. The topological polar surface area (TPSA) is 72.5 Å². The number of phenols is 1. The Balaban J connectivity index is 2.78. The third-order valence-corrected chi connectivity index (χ3v) is 2.15. The third-order valence-electron chi connectivity index (χ3n) is 2.15. The first kappa shape index (κ1) is 11.5. The maximum Gasteiger partial charge on any atom is 0.310 e. The Labute approximate surface area is 88.7 Å². The van der Waals surface area contributed by atoms with E-state index < -0.39 is 0 Å². The van der Waals surface area contributed by atoms with Crippen LogP contribution in [0.1, 0.15) is 11.1 Å². The molecule has 1 rings (SSSR count). The predicted molar refractivity (Wildman–Crippen MR) is 56.6 cm³/mol. The Morgan fingerprint density at radius 3 is 2.80 bits per heavy atom. The standard InChI is InChI=1S/C11H15NO3/c1-15-11(14)7-9-3-2-8(4-5-12)6-10(9)13/h2-3,6,13H,4-5,7,12H2,1H3. The summed E-state index contributed by atoms with van der Waals surface area (Å²) in [5.74, 6) is -0.247. The van der Waals surface area contributed by atoms with Crippen LogP contribution in [0, 0.1) is 0 Å². The van der Waals surface area contributed by atoms with Crippen molar-refractivity contribution in [2.24, 2.45) is 5.73 Å². The molecule has 0 heterocycles. The lowest BCUT2D eigenvalue weighted by atomic mass is 10.1. The highest BCUT2D eigenvalue weighted by molar-refractivity contribution is 5.73. The number of benzene rings is 1. The van der Waals surface area contributed by atoms with E-state index in [0.29, 0.717) is 18.5 Å². The normalized spacial score (nSPS) is 10.0. The summed E-state index contributed by atoms with van der Waals surface area (Å²) in [6.45, 7) is 0.537. The average Bonchev–Trinajstić information content (AvgIpc) is 2.22. The van der Waals surface area contributed by atoms with E-state index in [1.165, 1.54) is 7.11 Å². The summed E-state index contributed by atoms with van der Waals surface area (Å²) in [6, 6.07) is 5.20. The predicted octanol–water partition coefficient (Wildman–Crippen LogP) is 0.609. The maximum atomic E-state index is 11.0. The SMILES string of the molecule is COC(=O)Cc1ccc(CCN)cc1O. The molecule has 0 spiro atoms. The summed E-state index contributed by atoms with van der Waals surface area (Å²) in [5.41, 5.74) is 6.93. The average molecular weight is 209 g/mol. The minimum atomic E-state index is -0.364. The van der Waals surface area contributed by atoms with Gasteiger partial charge in [0.2, 0.25) is 0 Å². The molecule has 0 saturated carbocycles. The molecule has 0 radical (unpaired) electrons. The van der Waals surface area contributed by atoms with Crippen LogP contribution in [-0.2, 0) is 22.4 Å². The second kappa shape index (κ2) is 5.36. The summed E-state index contributed by atoms with van der Waals surface area (Å²) >= 11 is 0. The van der Waals surface area contributed by atoms with Crippen molar-refractivity contribution >= 4 is 5.97 Å². The largest absolute Gasteiger partial charge is 0.508 e. The van der Waals surface area contributed by atoms with E-state index in [9.17, 15) is 9.90 Å². The zero-order valence-electron chi connectivity index (χ0n) is 8.69. The lowest BCUT2D eigenvalue weighted by Crippen LogP contribution is -2.06. The van der Waals surface area contributed by atoms with Crippen LogP contribution in [0.3, 0.4) is 0 Å². The van der Waals surface area contributed by atoms with Crippen molar-refractivity contribution in [3.63, 3.8) is 0 Å². The molecule has 0 unspecified atom stereocenters. The molecule has 0 bridgehead atoms. The van der Waals surface area contributed by atoms with Gasteiger partial charge in [0.1, 0.15) is 5.75 Å². The Morgan fingerprint density at radius 1 is 1.53 bits per heavy atom. The van der Waals surface area contributed by atoms with Crippen LogP contribution >= 0.6 is 0 Å². The summed E-state index contributed by atoms with van der Waals surface area (Å²) in [5, 5.41) is 9.61. The quantitative estimate of drug-likeness (QED) is 0.712. The van der Waals surface area contributed by atoms with Gasteiger partial charge in [0.05, 0.1) is 13.5 Å². The molecule has 0 aliphatic carbocycles. The van der Waals surface area contributed by atoms with E-state index in [1.807, 2.05) is 6.07 Å². The molecule has 0 aliphatic heterocycles. The smallest absolute Gasteiger partial charge is 0.310 e. The molecule has 0 amide bonds. The minimum absolute atomic E-state index is 0.0885. The molecule has 0 fully saturated rings. The van der Waals surface area contributed by atoms with Gasteiger partial charge in [0.25, 0.3) is 0 Å². The van der Waals surface area contributed by atoms with Crippen molar-refractivity contribution in [2.75, 3.05) is 13.7 Å². The van der Waals surface area contributed by atoms with Gasteiger partial charge in [-0.05, 0) is 24.6 Å². The van der Waals surface area contributed by atoms with Crippen molar-refractivity contribution in [2.45, 2.75) is 12.8 Å². The molecule has 3 N–H and O–H groups in total. The van der Waals surface area contributed by atoms with Crippen molar-refractivity contribution in [3.8, 4) is 5.75 Å². The number of rotatable bonds is 4.